The van der Waals surface area contributed by atoms with E-state index in [4.69, 9.17) is 15.0 Å². The van der Waals surface area contributed by atoms with E-state index in [1.807, 2.05) is 11.0 Å². The van der Waals surface area contributed by atoms with Gasteiger partial charge in [-0.1, -0.05) is 6.07 Å². The number of piperidine rings is 2. The van der Waals surface area contributed by atoms with Crippen LogP contribution in [0.15, 0.2) is 36.4 Å². The first kappa shape index (κ1) is 23.8. The second kappa shape index (κ2) is 9.95. The van der Waals surface area contributed by atoms with Gasteiger partial charge in [0.05, 0.1) is 30.5 Å². The van der Waals surface area contributed by atoms with Gasteiger partial charge in [-0.2, -0.15) is 10.1 Å². The molecule has 0 radical (unpaired) electrons. The van der Waals surface area contributed by atoms with Crippen molar-refractivity contribution in [3.63, 3.8) is 0 Å². The molecule has 186 valence electrons. The largest absolute Gasteiger partial charge is 0.369 e. The van der Waals surface area contributed by atoms with Crippen LogP contribution in [-0.2, 0) is 21.0 Å². The van der Waals surface area contributed by atoms with Gasteiger partial charge >= 0.3 is 0 Å². The number of anilines is 1. The van der Waals surface area contributed by atoms with Crippen LogP contribution in [0, 0.1) is 23.1 Å². The molecule has 2 aromatic rings. The highest BCUT2D eigenvalue weighted by atomic mass is 19.1. The molecule has 36 heavy (non-hydrogen) atoms. The number of halogens is 1. The van der Waals surface area contributed by atoms with Crippen molar-refractivity contribution in [1.82, 2.24) is 10.2 Å². The van der Waals surface area contributed by atoms with Gasteiger partial charge in [0.15, 0.2) is 5.75 Å². The number of nitrogens with one attached hydrogen (secondary N) is 1. The normalized spacial score (nSPS) is 20.2. The summed E-state index contributed by atoms with van der Waals surface area (Å²) in [5.41, 5.74) is 1.90. The van der Waals surface area contributed by atoms with Crippen LogP contribution in [0.5, 0.6) is 5.75 Å². The molecular formula is C26H25FN4O5. The predicted molar refractivity (Wildman–Crippen MR) is 125 cm³/mol. The standard InChI is InChI=1S/C26H25FN4O5/c27-20-12-17(13-28)4-5-21(20)30-10-8-16(9-11-30)15-35-36-23-3-1-2-18-19(23)14-31(26(18)34)22-6-7-24(32)29-25(22)33/h1-5,12,16,22H,6-11,14-15H2,(H,29,32,33)/t22-/m0/s1. The molecule has 0 spiro atoms. The molecule has 3 aliphatic rings. The maximum Gasteiger partial charge on any atom is 0.255 e. The number of nitrogens with zero attached hydrogens (tertiary/aromatic N) is 3. The molecule has 5 rings (SSSR count). The molecule has 0 aromatic heterocycles. The quantitative estimate of drug-likeness (QED) is 0.375. The summed E-state index contributed by atoms with van der Waals surface area (Å²) in [4.78, 5) is 51.2. The second-order valence-corrected chi connectivity index (χ2v) is 9.26. The highest BCUT2D eigenvalue weighted by Gasteiger charge is 2.40. The van der Waals surface area contributed by atoms with Crippen LogP contribution in [0.1, 0.15) is 47.2 Å². The predicted octanol–water partition coefficient (Wildman–Crippen LogP) is 2.69. The molecule has 3 aliphatic heterocycles. The molecule has 0 bridgehead atoms. The number of hydrogen-bond acceptors (Lipinski definition) is 7. The fraction of sp³-hybridized carbons (Fsp3) is 0.385. The average Bonchev–Trinajstić information content (AvgIpc) is 3.21. The number of fused-ring (bicyclic) bond motifs is 1. The third-order valence-electron chi connectivity index (χ3n) is 7.02. The summed E-state index contributed by atoms with van der Waals surface area (Å²) in [5, 5.41) is 11.2. The minimum Gasteiger partial charge on any atom is -0.369 e. The first-order chi connectivity index (χ1) is 17.4. The molecule has 10 heteroatoms. The molecule has 1 atom stereocenters. The Labute approximate surface area is 207 Å². The zero-order chi connectivity index (χ0) is 25.2. The fourth-order valence-electron chi connectivity index (χ4n) is 5.00. The number of imide groups is 1. The van der Waals surface area contributed by atoms with Crippen LogP contribution in [-0.4, -0.2) is 48.4 Å². The van der Waals surface area contributed by atoms with Gasteiger partial charge in [-0.15, -0.1) is 0 Å². The highest BCUT2D eigenvalue weighted by molar-refractivity contribution is 6.05. The van der Waals surface area contributed by atoms with Crippen LogP contribution in [0.4, 0.5) is 10.1 Å². The monoisotopic (exact) mass is 492 g/mol. The zero-order valence-electron chi connectivity index (χ0n) is 19.5. The molecule has 0 saturated carbocycles. The first-order valence-electron chi connectivity index (χ1n) is 11.9. The minimum atomic E-state index is -0.692. The van der Waals surface area contributed by atoms with E-state index in [0.29, 0.717) is 54.2 Å². The van der Waals surface area contributed by atoms with Gasteiger partial charge in [0.2, 0.25) is 11.8 Å². The lowest BCUT2D eigenvalue weighted by Crippen LogP contribution is -2.52. The third kappa shape index (κ3) is 4.62. The van der Waals surface area contributed by atoms with Crippen molar-refractivity contribution < 1.29 is 28.5 Å². The maximum atomic E-state index is 14.3. The minimum absolute atomic E-state index is 0.194. The Morgan fingerprint density at radius 3 is 2.64 bits per heavy atom. The van der Waals surface area contributed by atoms with Gasteiger partial charge in [0.25, 0.3) is 5.91 Å². The number of nitriles is 1. The van der Waals surface area contributed by atoms with Gasteiger partial charge in [0.1, 0.15) is 11.9 Å². The molecule has 2 fully saturated rings. The van der Waals surface area contributed by atoms with E-state index in [1.165, 1.54) is 11.0 Å². The molecule has 2 aromatic carbocycles. The molecule has 1 N–H and O–H groups in total. The van der Waals surface area contributed by atoms with Crippen molar-refractivity contribution in [3.05, 3.63) is 58.9 Å². The Kier molecular flexibility index (Phi) is 6.57. The molecule has 3 heterocycles. The van der Waals surface area contributed by atoms with Crippen molar-refractivity contribution in [2.24, 2.45) is 5.92 Å². The van der Waals surface area contributed by atoms with Crippen LogP contribution < -0.4 is 15.1 Å². The van der Waals surface area contributed by atoms with Gasteiger partial charge in [-0.05, 0) is 55.5 Å². The lowest BCUT2D eigenvalue weighted by molar-refractivity contribution is -0.218. The Morgan fingerprint density at radius 2 is 1.92 bits per heavy atom. The van der Waals surface area contributed by atoms with Crippen molar-refractivity contribution >= 4 is 23.4 Å². The van der Waals surface area contributed by atoms with Crippen molar-refractivity contribution in [3.8, 4) is 11.8 Å². The maximum absolute atomic E-state index is 14.3. The summed E-state index contributed by atoms with van der Waals surface area (Å²) in [6.45, 7) is 1.87. The number of amides is 3. The third-order valence-corrected chi connectivity index (χ3v) is 7.02. The molecule has 0 unspecified atom stereocenters. The van der Waals surface area contributed by atoms with E-state index in [1.54, 1.807) is 30.3 Å². The molecule has 3 amide bonds. The first-order valence-corrected chi connectivity index (χ1v) is 11.9. The van der Waals surface area contributed by atoms with Gasteiger partial charge in [0, 0.05) is 30.6 Å². The summed E-state index contributed by atoms with van der Waals surface area (Å²) >= 11 is 0. The zero-order valence-corrected chi connectivity index (χ0v) is 19.5. The Bertz CT molecular complexity index is 1250. The highest BCUT2D eigenvalue weighted by Crippen LogP contribution is 2.34. The number of rotatable bonds is 6. The molecule has 9 nitrogen and oxygen atoms in total. The van der Waals surface area contributed by atoms with Gasteiger partial charge in [-0.25, -0.2) is 4.39 Å². The van der Waals surface area contributed by atoms with Crippen molar-refractivity contribution in [2.45, 2.75) is 38.3 Å². The smallest absolute Gasteiger partial charge is 0.255 e. The average molecular weight is 493 g/mol. The SMILES string of the molecule is N#Cc1ccc(N2CCC(COOc3cccc4c3CN([C@H]3CCC(=O)NC3=O)C4=O)CC2)c(F)c1. The van der Waals surface area contributed by atoms with Crippen LogP contribution in [0.3, 0.4) is 0 Å². The van der Waals surface area contributed by atoms with Crippen LogP contribution >= 0.6 is 0 Å². The topological polar surface area (TPSA) is 112 Å². The van der Waals surface area contributed by atoms with E-state index < -0.39 is 17.8 Å². The van der Waals surface area contributed by atoms with Gasteiger partial charge in [-0.3, -0.25) is 19.7 Å². The van der Waals surface area contributed by atoms with E-state index >= 15 is 0 Å². The number of hydrogen-bond donors (Lipinski definition) is 1. The summed E-state index contributed by atoms with van der Waals surface area (Å²) in [6.07, 6.45) is 2.07. The number of carbonyl (C=O) groups excluding carboxylic acids is 3. The molecule has 2 saturated heterocycles. The lowest BCUT2D eigenvalue weighted by Gasteiger charge is -2.33. The summed E-state index contributed by atoms with van der Waals surface area (Å²) in [5.74, 6) is -0.809. The number of benzene rings is 2. The van der Waals surface area contributed by atoms with Crippen molar-refractivity contribution in [1.29, 1.82) is 5.26 Å². The second-order valence-electron chi connectivity index (χ2n) is 9.26. The van der Waals surface area contributed by atoms with E-state index in [2.05, 4.69) is 5.32 Å². The molecule has 0 aliphatic carbocycles. The number of carbonyl (C=O) groups is 3. The van der Waals surface area contributed by atoms with Crippen LogP contribution in [0.2, 0.25) is 0 Å². The van der Waals surface area contributed by atoms with E-state index in [0.717, 1.165) is 12.8 Å². The van der Waals surface area contributed by atoms with E-state index in [-0.39, 0.29) is 30.7 Å². The fourth-order valence-corrected chi connectivity index (χ4v) is 5.00. The van der Waals surface area contributed by atoms with Crippen molar-refractivity contribution in [2.75, 3.05) is 24.6 Å². The van der Waals surface area contributed by atoms with E-state index in [9.17, 15) is 18.8 Å². The van der Waals surface area contributed by atoms with Crippen LogP contribution in [0.25, 0.3) is 0 Å². The Balaban J connectivity index is 1.15. The molecular weight excluding hydrogens is 467 g/mol. The lowest BCUT2D eigenvalue weighted by atomic mass is 9.97. The Morgan fingerprint density at radius 1 is 1.11 bits per heavy atom. The Hall–Kier alpha value is -3.97. The summed E-state index contributed by atoms with van der Waals surface area (Å²) < 4.78 is 14.3. The summed E-state index contributed by atoms with van der Waals surface area (Å²) in [6, 6.07) is 10.9. The summed E-state index contributed by atoms with van der Waals surface area (Å²) in [7, 11) is 0. The van der Waals surface area contributed by atoms with Gasteiger partial charge < -0.3 is 14.7 Å².